The third-order valence-corrected chi connectivity index (χ3v) is 4.45. The van der Waals surface area contributed by atoms with Crippen molar-refractivity contribution in [2.24, 2.45) is 11.1 Å². The fourth-order valence-electron chi connectivity index (χ4n) is 2.70. The van der Waals surface area contributed by atoms with Gasteiger partial charge >= 0.3 is 0 Å². The first-order valence-electron chi connectivity index (χ1n) is 7.06. The first kappa shape index (κ1) is 15.0. The number of carbonyl (C=O) groups is 1. The number of ether oxygens (including phenoxy) is 1. The lowest BCUT2D eigenvalue weighted by atomic mass is 9.54. The summed E-state index contributed by atoms with van der Waals surface area (Å²) in [4.78, 5) is 16.3. The number of hydrogen-bond acceptors (Lipinski definition) is 4. The van der Waals surface area contributed by atoms with Crippen LogP contribution in [0.4, 0.5) is 0 Å². The van der Waals surface area contributed by atoms with Crippen LogP contribution in [0.25, 0.3) is 0 Å². The van der Waals surface area contributed by atoms with Crippen LogP contribution in [0.2, 0.25) is 0 Å². The molecule has 1 aliphatic carbocycles. The van der Waals surface area contributed by atoms with Crippen molar-refractivity contribution in [1.29, 1.82) is 0 Å². The fourth-order valence-corrected chi connectivity index (χ4v) is 2.70. The van der Waals surface area contributed by atoms with Gasteiger partial charge in [-0.05, 0) is 6.92 Å². The summed E-state index contributed by atoms with van der Waals surface area (Å²) in [5.74, 6) is -0.0985. The van der Waals surface area contributed by atoms with Crippen LogP contribution in [0.3, 0.4) is 0 Å². The van der Waals surface area contributed by atoms with Crippen LogP contribution < -0.4 is 11.1 Å². The van der Waals surface area contributed by atoms with Gasteiger partial charge in [0.1, 0.15) is 5.54 Å². The molecule has 1 aromatic rings. The number of carbonyl (C=O) groups excluding carboxylic acids is 1. The monoisotopic (exact) mass is 280 g/mol. The maximum absolute atomic E-state index is 12.3. The highest BCUT2D eigenvalue weighted by atomic mass is 16.5. The van der Waals surface area contributed by atoms with Gasteiger partial charge in [-0.15, -0.1) is 0 Å². The zero-order chi connectivity index (χ0) is 14.8. The maximum Gasteiger partial charge on any atom is 0.240 e. The summed E-state index contributed by atoms with van der Waals surface area (Å²) in [6.45, 7) is 7.82. The molecule has 0 aromatic carbocycles. The molecule has 0 aliphatic heterocycles. The number of imidazole rings is 1. The van der Waals surface area contributed by atoms with Crippen LogP contribution in [0, 0.1) is 5.41 Å². The first-order chi connectivity index (χ1) is 9.41. The summed E-state index contributed by atoms with van der Waals surface area (Å²) < 4.78 is 7.54. The predicted octanol–water partition coefficient (Wildman–Crippen LogP) is 0.532. The quantitative estimate of drug-likeness (QED) is 0.796. The van der Waals surface area contributed by atoms with Gasteiger partial charge in [0, 0.05) is 43.9 Å². The Hall–Kier alpha value is -1.40. The van der Waals surface area contributed by atoms with Gasteiger partial charge in [-0.3, -0.25) is 4.79 Å². The summed E-state index contributed by atoms with van der Waals surface area (Å²) in [5.41, 5.74) is 5.10. The lowest BCUT2D eigenvalue weighted by molar-refractivity contribution is -0.170. The second kappa shape index (κ2) is 5.54. The highest BCUT2D eigenvalue weighted by molar-refractivity contribution is 5.88. The molecule has 1 aliphatic rings. The Bertz CT molecular complexity index is 458. The Morgan fingerprint density at radius 1 is 1.60 bits per heavy atom. The van der Waals surface area contributed by atoms with E-state index < -0.39 is 5.54 Å². The van der Waals surface area contributed by atoms with E-state index in [1.165, 1.54) is 0 Å². The maximum atomic E-state index is 12.3. The Kier molecular flexibility index (Phi) is 4.15. The minimum absolute atomic E-state index is 0.0527. The summed E-state index contributed by atoms with van der Waals surface area (Å²) in [5, 5.41) is 2.91. The molecule has 6 heteroatoms. The first-order valence-corrected chi connectivity index (χ1v) is 7.06. The van der Waals surface area contributed by atoms with Crippen molar-refractivity contribution in [3.8, 4) is 0 Å². The van der Waals surface area contributed by atoms with Crippen LogP contribution in [-0.4, -0.2) is 40.3 Å². The van der Waals surface area contributed by atoms with E-state index in [0.717, 1.165) is 0 Å². The molecular weight excluding hydrogens is 256 g/mol. The minimum atomic E-state index is -0.845. The van der Waals surface area contributed by atoms with Crippen LogP contribution in [0.1, 0.15) is 27.2 Å². The van der Waals surface area contributed by atoms with Gasteiger partial charge in [0.2, 0.25) is 5.91 Å². The molecule has 2 unspecified atom stereocenters. The van der Waals surface area contributed by atoms with Gasteiger partial charge in [-0.2, -0.15) is 0 Å². The van der Waals surface area contributed by atoms with Crippen molar-refractivity contribution < 1.29 is 9.53 Å². The average Bonchev–Trinajstić information content (AvgIpc) is 2.91. The molecule has 1 fully saturated rings. The normalized spacial score (nSPS) is 27.9. The lowest BCUT2D eigenvalue weighted by Gasteiger charge is -2.57. The van der Waals surface area contributed by atoms with E-state index in [9.17, 15) is 4.79 Å². The van der Waals surface area contributed by atoms with E-state index in [-0.39, 0.29) is 17.4 Å². The fraction of sp³-hybridized carbons (Fsp3) is 0.714. The van der Waals surface area contributed by atoms with Crippen molar-refractivity contribution in [1.82, 2.24) is 14.9 Å². The lowest BCUT2D eigenvalue weighted by Crippen LogP contribution is -2.75. The highest BCUT2D eigenvalue weighted by Gasteiger charge is 2.62. The Morgan fingerprint density at radius 2 is 2.35 bits per heavy atom. The van der Waals surface area contributed by atoms with Gasteiger partial charge in [0.05, 0.1) is 12.4 Å². The number of nitrogens with two attached hydrogens (primary N) is 1. The molecule has 6 nitrogen and oxygen atoms in total. The molecule has 20 heavy (non-hydrogen) atoms. The third kappa shape index (κ3) is 2.45. The van der Waals surface area contributed by atoms with Crippen LogP contribution in [-0.2, 0) is 16.1 Å². The standard InChI is InChI=1S/C14H24N4O2/c1-4-20-11-9-14(15,13(11,2)3)12(19)17-6-8-18-7-5-16-10-18/h5,7,10-11H,4,6,8-9,15H2,1-3H3,(H,17,19). The van der Waals surface area contributed by atoms with Gasteiger partial charge < -0.3 is 20.4 Å². The van der Waals surface area contributed by atoms with Crippen molar-refractivity contribution in [2.45, 2.75) is 45.4 Å². The molecule has 112 valence electrons. The number of nitrogens with one attached hydrogen (secondary N) is 1. The summed E-state index contributed by atoms with van der Waals surface area (Å²) in [6, 6.07) is 0. The molecule has 0 bridgehead atoms. The van der Waals surface area contributed by atoms with E-state index in [1.54, 1.807) is 12.5 Å². The van der Waals surface area contributed by atoms with Gasteiger partial charge in [0.15, 0.2) is 0 Å². The van der Waals surface area contributed by atoms with Crippen LogP contribution >= 0.6 is 0 Å². The smallest absolute Gasteiger partial charge is 0.240 e. The molecule has 2 atom stereocenters. The van der Waals surface area contributed by atoms with Crippen molar-refractivity contribution in [3.05, 3.63) is 18.7 Å². The van der Waals surface area contributed by atoms with Gasteiger partial charge in [-0.1, -0.05) is 13.8 Å². The molecular formula is C14H24N4O2. The molecule has 0 radical (unpaired) electrons. The van der Waals surface area contributed by atoms with Crippen molar-refractivity contribution in [2.75, 3.05) is 13.2 Å². The summed E-state index contributed by atoms with van der Waals surface area (Å²) >= 11 is 0. The van der Waals surface area contributed by atoms with Crippen LogP contribution in [0.15, 0.2) is 18.7 Å². The summed E-state index contributed by atoms with van der Waals surface area (Å²) in [6.07, 6.45) is 5.93. The van der Waals surface area contributed by atoms with Crippen LogP contribution in [0.5, 0.6) is 0 Å². The molecule has 0 saturated heterocycles. The number of rotatable bonds is 6. The average molecular weight is 280 g/mol. The largest absolute Gasteiger partial charge is 0.378 e. The zero-order valence-corrected chi connectivity index (χ0v) is 12.4. The SMILES string of the molecule is CCOC1CC(N)(C(=O)NCCn2ccnc2)C1(C)C. The summed E-state index contributed by atoms with van der Waals surface area (Å²) in [7, 11) is 0. The Balaban J connectivity index is 1.86. The number of aromatic nitrogens is 2. The van der Waals surface area contributed by atoms with Crippen molar-refractivity contribution >= 4 is 5.91 Å². The molecule has 2 rings (SSSR count). The predicted molar refractivity (Wildman–Crippen MR) is 76.0 cm³/mol. The second-order valence-electron chi connectivity index (χ2n) is 5.90. The van der Waals surface area contributed by atoms with Gasteiger partial charge in [0.25, 0.3) is 0 Å². The van der Waals surface area contributed by atoms with Crippen molar-refractivity contribution in [3.63, 3.8) is 0 Å². The molecule has 1 saturated carbocycles. The van der Waals surface area contributed by atoms with E-state index in [0.29, 0.717) is 26.1 Å². The minimum Gasteiger partial charge on any atom is -0.378 e. The molecule has 1 aromatic heterocycles. The molecule has 3 N–H and O–H groups in total. The molecule has 1 heterocycles. The zero-order valence-electron chi connectivity index (χ0n) is 12.4. The van der Waals surface area contributed by atoms with E-state index in [4.69, 9.17) is 10.5 Å². The Labute approximate surface area is 119 Å². The molecule has 0 spiro atoms. The molecule has 1 amide bonds. The van der Waals surface area contributed by atoms with E-state index >= 15 is 0 Å². The number of nitrogens with zero attached hydrogens (tertiary/aromatic N) is 2. The van der Waals surface area contributed by atoms with E-state index in [1.807, 2.05) is 31.5 Å². The van der Waals surface area contributed by atoms with Gasteiger partial charge in [-0.25, -0.2) is 4.98 Å². The second-order valence-corrected chi connectivity index (χ2v) is 5.90. The topological polar surface area (TPSA) is 82.2 Å². The number of hydrogen-bond donors (Lipinski definition) is 2. The number of amides is 1. The Morgan fingerprint density at radius 3 is 2.90 bits per heavy atom. The highest BCUT2D eigenvalue weighted by Crippen LogP contribution is 2.49. The third-order valence-electron chi connectivity index (χ3n) is 4.45. The van der Waals surface area contributed by atoms with E-state index in [2.05, 4.69) is 10.3 Å².